The molecular weight excluding hydrogens is 214 g/mol. The van der Waals surface area contributed by atoms with Crippen LogP contribution < -0.4 is 11.5 Å². The van der Waals surface area contributed by atoms with E-state index in [0.717, 1.165) is 32.1 Å². The maximum absolute atomic E-state index is 10.3. The first-order valence-corrected chi connectivity index (χ1v) is 4.69. The Kier molecular flexibility index (Phi) is 21.2. The average molecular weight is 232 g/mol. The van der Waals surface area contributed by atoms with Crippen LogP contribution >= 0.6 is 0 Å². The zero-order valence-electron chi connectivity index (χ0n) is 9.92. The summed E-state index contributed by atoms with van der Waals surface area (Å²) in [5.41, 5.74) is 9.95. The third-order valence-corrected chi connectivity index (χ3v) is 1.85. The Hall–Kier alpha value is 0.940. The van der Waals surface area contributed by atoms with Gasteiger partial charge in [-0.1, -0.05) is 19.3 Å². The summed E-state index contributed by atoms with van der Waals surface area (Å²) < 4.78 is 0. The van der Waals surface area contributed by atoms with Crippen molar-refractivity contribution in [2.75, 3.05) is 0 Å². The molecule has 4 nitrogen and oxygen atoms in total. The number of hydrogen-bond acceptors (Lipinski definition) is 2. The van der Waals surface area contributed by atoms with Gasteiger partial charge in [0.2, 0.25) is 11.8 Å². The van der Waals surface area contributed by atoms with Gasteiger partial charge in [-0.05, 0) is 12.8 Å². The summed E-state index contributed by atoms with van der Waals surface area (Å²) in [6.45, 7) is 0. The Bertz CT molecular complexity index is 159. The first kappa shape index (κ1) is 21.2. The van der Waals surface area contributed by atoms with Crippen molar-refractivity contribution in [1.29, 1.82) is 0 Å². The Balaban J connectivity index is -0.000000720. The largest absolute Gasteiger partial charge is 0.370 e. The topological polar surface area (TPSA) is 86.2 Å². The standard InChI is InChI=1S/C9H18N2O2.2Na/c10-8(12)6-4-2-1-3-5-7-9(11)13;;/h1-7H2,(H2,10,12)(H2,11,13);;. The van der Waals surface area contributed by atoms with Gasteiger partial charge < -0.3 is 11.5 Å². The Morgan fingerprint density at radius 1 is 0.667 bits per heavy atom. The van der Waals surface area contributed by atoms with Crippen LogP contribution in [0.1, 0.15) is 44.9 Å². The van der Waals surface area contributed by atoms with Crippen molar-refractivity contribution < 1.29 is 9.59 Å². The molecular formula is C9H18N2Na2O2. The van der Waals surface area contributed by atoms with Crippen LogP contribution in [0.4, 0.5) is 0 Å². The van der Waals surface area contributed by atoms with Gasteiger partial charge >= 0.3 is 0 Å². The number of primary amides is 2. The van der Waals surface area contributed by atoms with E-state index >= 15 is 0 Å². The second-order valence-electron chi connectivity index (χ2n) is 3.20. The van der Waals surface area contributed by atoms with Crippen LogP contribution in [-0.2, 0) is 9.59 Å². The minimum absolute atomic E-state index is 0. The molecule has 0 aromatic heterocycles. The van der Waals surface area contributed by atoms with E-state index in [1.54, 1.807) is 0 Å². The number of unbranched alkanes of at least 4 members (excludes halogenated alkanes) is 4. The van der Waals surface area contributed by atoms with Gasteiger partial charge in [0, 0.05) is 72.0 Å². The summed E-state index contributed by atoms with van der Waals surface area (Å²) in [4.78, 5) is 20.7. The molecule has 0 bridgehead atoms. The molecule has 0 aromatic rings. The van der Waals surface area contributed by atoms with E-state index in [0.29, 0.717) is 12.8 Å². The van der Waals surface area contributed by atoms with Crippen LogP contribution in [0.3, 0.4) is 0 Å². The normalized spacial score (nSPS) is 8.53. The predicted octanol–water partition coefficient (Wildman–Crippen LogP) is -0.0739. The molecule has 6 heteroatoms. The van der Waals surface area contributed by atoms with Crippen LogP contribution in [0.2, 0.25) is 0 Å². The van der Waals surface area contributed by atoms with Gasteiger partial charge in [0.15, 0.2) is 0 Å². The molecule has 0 saturated heterocycles. The third-order valence-electron chi connectivity index (χ3n) is 1.85. The molecule has 0 heterocycles. The first-order valence-electron chi connectivity index (χ1n) is 4.69. The van der Waals surface area contributed by atoms with E-state index in [1.165, 1.54) is 0 Å². The molecule has 2 radical (unpaired) electrons. The minimum Gasteiger partial charge on any atom is -0.370 e. The number of rotatable bonds is 8. The summed E-state index contributed by atoms with van der Waals surface area (Å²) in [5, 5.41) is 0. The summed E-state index contributed by atoms with van der Waals surface area (Å²) in [6, 6.07) is 0. The van der Waals surface area contributed by atoms with Crippen molar-refractivity contribution >= 4 is 70.9 Å². The quantitative estimate of drug-likeness (QED) is 0.453. The number of carbonyl (C=O) groups is 2. The minimum atomic E-state index is -0.239. The van der Waals surface area contributed by atoms with E-state index in [9.17, 15) is 9.59 Å². The van der Waals surface area contributed by atoms with E-state index in [-0.39, 0.29) is 70.9 Å². The number of nitrogens with two attached hydrogens (primary N) is 2. The molecule has 0 aromatic carbocycles. The number of carbonyl (C=O) groups excluding carboxylic acids is 2. The SMILES string of the molecule is NC(=O)CCCCCCCC(N)=O.[Na].[Na]. The maximum Gasteiger partial charge on any atom is 0.217 e. The van der Waals surface area contributed by atoms with Crippen LogP contribution in [0, 0.1) is 0 Å². The van der Waals surface area contributed by atoms with Gasteiger partial charge in [0.1, 0.15) is 0 Å². The molecule has 2 amide bonds. The van der Waals surface area contributed by atoms with Crippen molar-refractivity contribution in [3.8, 4) is 0 Å². The van der Waals surface area contributed by atoms with Gasteiger partial charge in [0.05, 0.1) is 0 Å². The smallest absolute Gasteiger partial charge is 0.217 e. The van der Waals surface area contributed by atoms with Crippen molar-refractivity contribution in [3.05, 3.63) is 0 Å². The fourth-order valence-corrected chi connectivity index (χ4v) is 1.13. The summed E-state index contributed by atoms with van der Waals surface area (Å²) in [5.74, 6) is -0.478. The molecule has 0 spiro atoms. The monoisotopic (exact) mass is 232 g/mol. The van der Waals surface area contributed by atoms with Crippen LogP contribution in [-0.4, -0.2) is 70.9 Å². The van der Waals surface area contributed by atoms with Gasteiger partial charge in [0.25, 0.3) is 0 Å². The molecule has 0 aliphatic rings. The van der Waals surface area contributed by atoms with Crippen molar-refractivity contribution in [1.82, 2.24) is 0 Å². The summed E-state index contributed by atoms with van der Waals surface area (Å²) in [6.07, 6.45) is 5.69. The van der Waals surface area contributed by atoms with E-state index in [4.69, 9.17) is 11.5 Å². The molecule has 4 N–H and O–H groups in total. The predicted molar refractivity (Wildman–Crippen MR) is 62.2 cm³/mol. The third kappa shape index (κ3) is 20.9. The van der Waals surface area contributed by atoms with Crippen molar-refractivity contribution in [3.63, 3.8) is 0 Å². The molecule has 0 fully saturated rings. The molecule has 0 saturated carbocycles. The first-order chi connectivity index (χ1) is 6.13. The maximum atomic E-state index is 10.3. The Labute approximate surface area is 135 Å². The summed E-state index contributed by atoms with van der Waals surface area (Å²) in [7, 11) is 0. The van der Waals surface area contributed by atoms with Gasteiger partial charge in [-0.15, -0.1) is 0 Å². The fraction of sp³-hybridized carbons (Fsp3) is 0.778. The van der Waals surface area contributed by atoms with Crippen LogP contribution in [0.15, 0.2) is 0 Å². The van der Waals surface area contributed by atoms with Gasteiger partial charge in [-0.25, -0.2) is 0 Å². The van der Waals surface area contributed by atoms with Crippen LogP contribution in [0.5, 0.6) is 0 Å². The number of hydrogen-bond donors (Lipinski definition) is 2. The fourth-order valence-electron chi connectivity index (χ4n) is 1.13. The Morgan fingerprint density at radius 2 is 0.933 bits per heavy atom. The van der Waals surface area contributed by atoms with Crippen LogP contribution in [0.25, 0.3) is 0 Å². The zero-order valence-corrected chi connectivity index (χ0v) is 13.9. The average Bonchev–Trinajstić information content (AvgIpc) is 2.01. The second kappa shape index (κ2) is 14.9. The second-order valence-corrected chi connectivity index (χ2v) is 3.20. The van der Waals surface area contributed by atoms with E-state index in [2.05, 4.69) is 0 Å². The van der Waals surface area contributed by atoms with E-state index in [1.807, 2.05) is 0 Å². The number of amides is 2. The molecule has 78 valence electrons. The summed E-state index contributed by atoms with van der Waals surface area (Å²) >= 11 is 0. The van der Waals surface area contributed by atoms with Crippen molar-refractivity contribution in [2.45, 2.75) is 44.9 Å². The Morgan fingerprint density at radius 3 is 1.20 bits per heavy atom. The van der Waals surface area contributed by atoms with Gasteiger partial charge in [-0.3, -0.25) is 9.59 Å². The van der Waals surface area contributed by atoms with Gasteiger partial charge in [-0.2, -0.15) is 0 Å². The molecule has 0 rings (SSSR count). The molecule has 0 atom stereocenters. The molecule has 0 aliphatic carbocycles. The van der Waals surface area contributed by atoms with Crippen molar-refractivity contribution in [2.24, 2.45) is 11.5 Å². The van der Waals surface area contributed by atoms with E-state index < -0.39 is 0 Å². The molecule has 15 heavy (non-hydrogen) atoms. The molecule has 0 aliphatic heterocycles. The zero-order chi connectivity index (χ0) is 10.1. The molecule has 0 unspecified atom stereocenters.